The lowest BCUT2D eigenvalue weighted by Gasteiger charge is -2.11. The summed E-state index contributed by atoms with van der Waals surface area (Å²) in [6.07, 6.45) is 3.32. The van der Waals surface area contributed by atoms with Gasteiger partial charge in [-0.3, -0.25) is 4.79 Å². The maximum atomic E-state index is 12.6. The standard InChI is InChI=1S/C25H22BrN3O2/c1-4-12-31-24-10-8-23(9-11-24)29-17(2)13-19(18(29)3)14-20(16-27)25(30)28-22-7-5-6-21(26)15-22/h4-11,13-15H,1,12H2,2-3H3,(H,28,30)/b20-14-. The first-order chi connectivity index (χ1) is 14.9. The number of benzene rings is 2. The van der Waals surface area contributed by atoms with Crippen LogP contribution in [-0.2, 0) is 4.79 Å². The van der Waals surface area contributed by atoms with Crippen LogP contribution in [0.3, 0.4) is 0 Å². The molecule has 0 bridgehead atoms. The van der Waals surface area contributed by atoms with Crippen molar-refractivity contribution >= 4 is 33.6 Å². The number of nitrogens with one attached hydrogen (secondary N) is 1. The molecule has 0 fully saturated rings. The van der Waals surface area contributed by atoms with Gasteiger partial charge in [-0.05, 0) is 74.0 Å². The third-order valence-electron chi connectivity index (χ3n) is 4.68. The second-order valence-electron chi connectivity index (χ2n) is 6.89. The summed E-state index contributed by atoms with van der Waals surface area (Å²) in [7, 11) is 0. The molecule has 156 valence electrons. The normalized spacial score (nSPS) is 11.0. The SMILES string of the molecule is C=CCOc1ccc(-n2c(C)cc(/C=C(/C#N)C(=O)Nc3cccc(Br)c3)c2C)cc1. The number of anilines is 1. The van der Waals surface area contributed by atoms with Crippen LogP contribution in [0.25, 0.3) is 11.8 Å². The first-order valence-corrected chi connectivity index (χ1v) is 10.4. The number of rotatable bonds is 7. The molecule has 1 N–H and O–H groups in total. The van der Waals surface area contributed by atoms with Crippen LogP contribution in [0.15, 0.2) is 77.3 Å². The van der Waals surface area contributed by atoms with Gasteiger partial charge in [0.1, 0.15) is 24.0 Å². The van der Waals surface area contributed by atoms with Crippen LogP contribution in [0.4, 0.5) is 5.69 Å². The molecule has 0 aliphatic heterocycles. The minimum absolute atomic E-state index is 0.0356. The summed E-state index contributed by atoms with van der Waals surface area (Å²) in [4.78, 5) is 12.6. The number of aromatic nitrogens is 1. The molecule has 0 saturated heterocycles. The van der Waals surface area contributed by atoms with Crippen molar-refractivity contribution in [3.05, 3.63) is 94.2 Å². The van der Waals surface area contributed by atoms with Gasteiger partial charge in [0.15, 0.2) is 0 Å². The van der Waals surface area contributed by atoms with Crippen LogP contribution in [0.1, 0.15) is 17.0 Å². The number of ether oxygens (including phenoxy) is 1. The maximum absolute atomic E-state index is 12.6. The number of nitrogens with zero attached hydrogens (tertiary/aromatic N) is 2. The zero-order valence-electron chi connectivity index (χ0n) is 17.4. The van der Waals surface area contributed by atoms with Gasteiger partial charge in [-0.1, -0.05) is 34.7 Å². The molecule has 1 heterocycles. The van der Waals surface area contributed by atoms with E-state index in [2.05, 4.69) is 32.4 Å². The average Bonchev–Trinajstić information content (AvgIpc) is 3.03. The molecule has 3 aromatic rings. The van der Waals surface area contributed by atoms with Gasteiger partial charge in [0, 0.05) is 27.2 Å². The van der Waals surface area contributed by atoms with Crippen molar-refractivity contribution in [3.63, 3.8) is 0 Å². The number of carbonyl (C=O) groups excluding carboxylic acids is 1. The molecular weight excluding hydrogens is 454 g/mol. The van der Waals surface area contributed by atoms with Gasteiger partial charge < -0.3 is 14.6 Å². The van der Waals surface area contributed by atoms with Gasteiger partial charge in [-0.2, -0.15) is 5.26 Å². The Morgan fingerprint density at radius 2 is 1.97 bits per heavy atom. The zero-order chi connectivity index (χ0) is 22.4. The summed E-state index contributed by atoms with van der Waals surface area (Å²) in [5.41, 5.74) is 4.36. The molecule has 0 atom stereocenters. The zero-order valence-corrected chi connectivity index (χ0v) is 18.9. The molecule has 0 saturated carbocycles. The van der Waals surface area contributed by atoms with E-state index >= 15 is 0 Å². The van der Waals surface area contributed by atoms with E-state index in [4.69, 9.17) is 4.74 Å². The van der Waals surface area contributed by atoms with Gasteiger partial charge in [0.05, 0.1) is 0 Å². The lowest BCUT2D eigenvalue weighted by Crippen LogP contribution is -2.13. The van der Waals surface area contributed by atoms with Crippen LogP contribution in [0.2, 0.25) is 0 Å². The summed E-state index contributed by atoms with van der Waals surface area (Å²) >= 11 is 3.37. The molecule has 0 spiro atoms. The van der Waals surface area contributed by atoms with Gasteiger partial charge in [0.2, 0.25) is 0 Å². The molecule has 31 heavy (non-hydrogen) atoms. The van der Waals surface area contributed by atoms with Gasteiger partial charge in [-0.15, -0.1) is 0 Å². The van der Waals surface area contributed by atoms with Crippen LogP contribution >= 0.6 is 15.9 Å². The quantitative estimate of drug-likeness (QED) is 0.260. The van der Waals surface area contributed by atoms with Gasteiger partial charge >= 0.3 is 0 Å². The number of nitriles is 1. The predicted octanol–water partition coefficient (Wildman–Crippen LogP) is 5.97. The highest BCUT2D eigenvalue weighted by Gasteiger charge is 2.14. The fraction of sp³-hybridized carbons (Fsp3) is 0.120. The highest BCUT2D eigenvalue weighted by Crippen LogP contribution is 2.25. The molecule has 0 aliphatic rings. The van der Waals surface area contributed by atoms with Crippen LogP contribution in [-0.4, -0.2) is 17.1 Å². The van der Waals surface area contributed by atoms with Crippen LogP contribution < -0.4 is 10.1 Å². The second kappa shape index (κ2) is 9.96. The summed E-state index contributed by atoms with van der Waals surface area (Å²) in [6.45, 7) is 8.05. The summed E-state index contributed by atoms with van der Waals surface area (Å²) in [5, 5.41) is 12.3. The number of carbonyl (C=O) groups is 1. The fourth-order valence-electron chi connectivity index (χ4n) is 3.25. The van der Waals surface area contributed by atoms with E-state index in [9.17, 15) is 10.1 Å². The number of aryl methyl sites for hydroxylation is 1. The third-order valence-corrected chi connectivity index (χ3v) is 5.17. The van der Waals surface area contributed by atoms with E-state index in [1.54, 1.807) is 24.3 Å². The minimum Gasteiger partial charge on any atom is -0.490 e. The van der Waals surface area contributed by atoms with Crippen LogP contribution in [0, 0.1) is 25.2 Å². The molecule has 3 rings (SSSR count). The average molecular weight is 476 g/mol. The Morgan fingerprint density at radius 3 is 2.61 bits per heavy atom. The molecule has 1 amide bonds. The predicted molar refractivity (Wildman–Crippen MR) is 127 cm³/mol. The topological polar surface area (TPSA) is 67.0 Å². The van der Waals surface area contributed by atoms with Crippen molar-refractivity contribution < 1.29 is 9.53 Å². The van der Waals surface area contributed by atoms with E-state index in [1.165, 1.54) is 0 Å². The van der Waals surface area contributed by atoms with E-state index in [-0.39, 0.29) is 5.57 Å². The van der Waals surface area contributed by atoms with Gasteiger partial charge in [0.25, 0.3) is 5.91 Å². The fourth-order valence-corrected chi connectivity index (χ4v) is 3.65. The highest BCUT2D eigenvalue weighted by molar-refractivity contribution is 9.10. The van der Waals surface area contributed by atoms with Crippen LogP contribution in [0.5, 0.6) is 5.75 Å². The second-order valence-corrected chi connectivity index (χ2v) is 7.81. The molecule has 1 aromatic heterocycles. The Bertz CT molecular complexity index is 1180. The summed E-state index contributed by atoms with van der Waals surface area (Å²) in [6, 6.07) is 18.9. The van der Waals surface area contributed by atoms with E-state index in [0.717, 1.165) is 32.9 Å². The van der Waals surface area contributed by atoms with Crippen molar-refractivity contribution in [1.82, 2.24) is 4.57 Å². The molecule has 0 radical (unpaired) electrons. The van der Waals surface area contributed by atoms with E-state index < -0.39 is 5.91 Å². The maximum Gasteiger partial charge on any atom is 0.266 e. The third kappa shape index (κ3) is 5.33. The van der Waals surface area contributed by atoms with Crippen molar-refractivity contribution in [2.45, 2.75) is 13.8 Å². The number of hydrogen-bond donors (Lipinski definition) is 1. The Morgan fingerprint density at radius 1 is 1.23 bits per heavy atom. The largest absolute Gasteiger partial charge is 0.490 e. The lowest BCUT2D eigenvalue weighted by atomic mass is 10.1. The lowest BCUT2D eigenvalue weighted by molar-refractivity contribution is -0.112. The minimum atomic E-state index is -0.450. The molecule has 6 heteroatoms. The Labute approximate surface area is 190 Å². The molecule has 2 aromatic carbocycles. The summed E-state index contributed by atoms with van der Waals surface area (Å²) < 4.78 is 8.46. The smallest absolute Gasteiger partial charge is 0.266 e. The van der Waals surface area contributed by atoms with Crippen molar-refractivity contribution in [2.75, 3.05) is 11.9 Å². The van der Waals surface area contributed by atoms with Crippen molar-refractivity contribution in [3.8, 4) is 17.5 Å². The van der Waals surface area contributed by atoms with Crippen molar-refractivity contribution in [1.29, 1.82) is 5.26 Å². The molecule has 0 aliphatic carbocycles. The number of amides is 1. The Kier molecular flexibility index (Phi) is 7.11. The molecule has 0 unspecified atom stereocenters. The molecule has 5 nitrogen and oxygen atoms in total. The highest BCUT2D eigenvalue weighted by atomic mass is 79.9. The molecular formula is C25H22BrN3O2. The number of halogens is 1. The van der Waals surface area contributed by atoms with Gasteiger partial charge in [-0.25, -0.2) is 0 Å². The Hall–Kier alpha value is -3.56. The van der Waals surface area contributed by atoms with E-state index in [1.807, 2.05) is 62.4 Å². The van der Waals surface area contributed by atoms with Crippen molar-refractivity contribution in [2.24, 2.45) is 0 Å². The number of hydrogen-bond acceptors (Lipinski definition) is 3. The van der Waals surface area contributed by atoms with E-state index in [0.29, 0.717) is 12.3 Å². The first kappa shape index (κ1) is 22.1. The first-order valence-electron chi connectivity index (χ1n) is 9.64. The Balaban J connectivity index is 1.87. The monoisotopic (exact) mass is 475 g/mol. The summed E-state index contributed by atoms with van der Waals surface area (Å²) in [5.74, 6) is 0.316.